The van der Waals surface area contributed by atoms with Gasteiger partial charge in [0.1, 0.15) is 5.82 Å². The number of aryl methyl sites for hydroxylation is 1. The number of nitrogens with zero attached hydrogens (tertiary/aromatic N) is 4. The van der Waals surface area contributed by atoms with Crippen molar-refractivity contribution in [2.24, 2.45) is 0 Å². The molecular formula is C9H10N4O. The second-order valence-corrected chi connectivity index (χ2v) is 2.74. The van der Waals surface area contributed by atoms with Gasteiger partial charge in [0.25, 0.3) is 0 Å². The number of hydrogen-bond donors (Lipinski definition) is 0. The fourth-order valence-electron chi connectivity index (χ4n) is 1.15. The first-order valence-electron chi connectivity index (χ1n) is 4.18. The van der Waals surface area contributed by atoms with Crippen LogP contribution in [0.15, 0.2) is 24.7 Å². The topological polar surface area (TPSA) is 52.8 Å². The molecule has 0 unspecified atom stereocenters. The zero-order valence-electron chi connectivity index (χ0n) is 8.01. The maximum atomic E-state index is 5.01. The molecule has 2 aromatic heterocycles. The quantitative estimate of drug-likeness (QED) is 0.708. The molecule has 5 heteroatoms. The van der Waals surface area contributed by atoms with Crippen LogP contribution in [0, 0.1) is 6.92 Å². The molecular weight excluding hydrogens is 180 g/mol. The van der Waals surface area contributed by atoms with E-state index in [2.05, 4.69) is 15.0 Å². The highest BCUT2D eigenvalue weighted by molar-refractivity contribution is 5.19. The number of hydrogen-bond acceptors (Lipinski definition) is 4. The van der Waals surface area contributed by atoms with Crippen LogP contribution in [0.4, 0.5) is 0 Å². The van der Waals surface area contributed by atoms with Crippen LogP contribution in [-0.4, -0.2) is 26.6 Å². The van der Waals surface area contributed by atoms with E-state index >= 15 is 0 Å². The van der Waals surface area contributed by atoms with Crippen LogP contribution in [0.3, 0.4) is 0 Å². The van der Waals surface area contributed by atoms with Crippen molar-refractivity contribution in [1.29, 1.82) is 0 Å². The maximum Gasteiger partial charge on any atom is 0.238 e. The summed E-state index contributed by atoms with van der Waals surface area (Å²) in [6.07, 6.45) is 5.17. The average molecular weight is 190 g/mol. The van der Waals surface area contributed by atoms with E-state index in [1.54, 1.807) is 30.1 Å². The average Bonchev–Trinajstić information content (AvgIpc) is 2.65. The zero-order chi connectivity index (χ0) is 9.97. The van der Waals surface area contributed by atoms with Crippen LogP contribution in [-0.2, 0) is 0 Å². The SMILES string of the molecule is COc1ccnc(-n2ccnc2C)n1. The number of aromatic nitrogens is 4. The molecule has 0 saturated carbocycles. The molecule has 0 bridgehead atoms. The third-order valence-electron chi connectivity index (χ3n) is 1.87. The van der Waals surface area contributed by atoms with Crippen LogP contribution in [0.1, 0.15) is 5.82 Å². The van der Waals surface area contributed by atoms with E-state index in [4.69, 9.17) is 4.74 Å². The Hall–Kier alpha value is -1.91. The zero-order valence-corrected chi connectivity index (χ0v) is 8.01. The second kappa shape index (κ2) is 3.45. The van der Waals surface area contributed by atoms with Gasteiger partial charge < -0.3 is 4.74 Å². The molecule has 0 N–H and O–H groups in total. The molecule has 0 aliphatic rings. The summed E-state index contributed by atoms with van der Waals surface area (Å²) >= 11 is 0. The first-order valence-corrected chi connectivity index (χ1v) is 4.18. The Kier molecular flexibility index (Phi) is 2.14. The van der Waals surface area contributed by atoms with Crippen molar-refractivity contribution >= 4 is 0 Å². The minimum absolute atomic E-state index is 0.545. The Morgan fingerprint density at radius 2 is 2.14 bits per heavy atom. The van der Waals surface area contributed by atoms with E-state index in [-0.39, 0.29) is 0 Å². The first kappa shape index (κ1) is 8.68. The Morgan fingerprint density at radius 3 is 2.79 bits per heavy atom. The lowest BCUT2D eigenvalue weighted by atomic mass is 10.6. The fourth-order valence-corrected chi connectivity index (χ4v) is 1.15. The first-order chi connectivity index (χ1) is 6.81. The smallest absolute Gasteiger partial charge is 0.238 e. The lowest BCUT2D eigenvalue weighted by Gasteiger charge is -2.03. The monoisotopic (exact) mass is 190 g/mol. The lowest BCUT2D eigenvalue weighted by molar-refractivity contribution is 0.396. The molecule has 0 aliphatic heterocycles. The third-order valence-corrected chi connectivity index (χ3v) is 1.87. The summed E-state index contributed by atoms with van der Waals surface area (Å²) in [5.41, 5.74) is 0. The van der Waals surface area contributed by atoms with E-state index in [0.29, 0.717) is 11.8 Å². The van der Waals surface area contributed by atoms with Gasteiger partial charge in [0.05, 0.1) is 7.11 Å². The molecule has 72 valence electrons. The van der Waals surface area contributed by atoms with Gasteiger partial charge in [-0.2, -0.15) is 4.98 Å². The maximum absolute atomic E-state index is 5.01. The molecule has 0 amide bonds. The molecule has 0 saturated heterocycles. The Morgan fingerprint density at radius 1 is 1.29 bits per heavy atom. The third kappa shape index (κ3) is 1.44. The summed E-state index contributed by atoms with van der Waals surface area (Å²) in [7, 11) is 1.58. The molecule has 2 heterocycles. The minimum atomic E-state index is 0.545. The van der Waals surface area contributed by atoms with Gasteiger partial charge in [0, 0.05) is 24.7 Å². The van der Waals surface area contributed by atoms with E-state index in [9.17, 15) is 0 Å². The van der Waals surface area contributed by atoms with Crippen molar-refractivity contribution in [1.82, 2.24) is 19.5 Å². The van der Waals surface area contributed by atoms with Crippen molar-refractivity contribution < 1.29 is 4.74 Å². The van der Waals surface area contributed by atoms with Crippen LogP contribution >= 0.6 is 0 Å². The lowest BCUT2D eigenvalue weighted by Crippen LogP contribution is -2.02. The van der Waals surface area contributed by atoms with Crippen molar-refractivity contribution in [3.05, 3.63) is 30.5 Å². The van der Waals surface area contributed by atoms with Crippen molar-refractivity contribution in [3.63, 3.8) is 0 Å². The normalized spacial score (nSPS) is 10.1. The van der Waals surface area contributed by atoms with Gasteiger partial charge >= 0.3 is 0 Å². The van der Waals surface area contributed by atoms with E-state index in [1.165, 1.54) is 0 Å². The number of ether oxygens (including phenoxy) is 1. The molecule has 0 aromatic carbocycles. The summed E-state index contributed by atoms with van der Waals surface area (Å²) in [5, 5.41) is 0. The van der Waals surface area contributed by atoms with Crippen molar-refractivity contribution in [3.8, 4) is 11.8 Å². The molecule has 2 aromatic rings. The summed E-state index contributed by atoms with van der Waals surface area (Å²) in [6, 6.07) is 1.70. The van der Waals surface area contributed by atoms with Crippen molar-refractivity contribution in [2.75, 3.05) is 7.11 Å². The second-order valence-electron chi connectivity index (χ2n) is 2.74. The molecule has 0 atom stereocenters. The van der Waals surface area contributed by atoms with E-state index in [0.717, 1.165) is 5.82 Å². The van der Waals surface area contributed by atoms with Gasteiger partial charge in [-0.15, -0.1) is 0 Å². The van der Waals surface area contributed by atoms with Crippen LogP contribution in [0.2, 0.25) is 0 Å². The highest BCUT2D eigenvalue weighted by Gasteiger charge is 2.03. The standard InChI is InChI=1S/C9H10N4O/c1-7-10-5-6-13(7)9-11-4-3-8(12-9)14-2/h3-6H,1-2H3. The molecule has 2 rings (SSSR count). The molecule has 0 aliphatic carbocycles. The Bertz CT molecular complexity index is 438. The Labute approximate surface area is 81.4 Å². The predicted octanol–water partition coefficient (Wildman–Crippen LogP) is 0.979. The van der Waals surface area contributed by atoms with Crippen molar-refractivity contribution in [2.45, 2.75) is 6.92 Å². The fraction of sp³-hybridized carbons (Fsp3) is 0.222. The van der Waals surface area contributed by atoms with Crippen LogP contribution in [0.5, 0.6) is 5.88 Å². The van der Waals surface area contributed by atoms with E-state index in [1.807, 2.05) is 13.1 Å². The van der Waals surface area contributed by atoms with Gasteiger partial charge in [0.15, 0.2) is 0 Å². The van der Waals surface area contributed by atoms with Gasteiger partial charge in [0.2, 0.25) is 11.8 Å². The summed E-state index contributed by atoms with van der Waals surface area (Å²) in [5.74, 6) is 1.96. The van der Waals surface area contributed by atoms with Gasteiger partial charge in [-0.3, -0.25) is 4.57 Å². The number of rotatable bonds is 2. The summed E-state index contributed by atoms with van der Waals surface area (Å²) in [6.45, 7) is 1.89. The molecule has 0 fully saturated rings. The van der Waals surface area contributed by atoms with E-state index < -0.39 is 0 Å². The minimum Gasteiger partial charge on any atom is -0.481 e. The molecule has 14 heavy (non-hydrogen) atoms. The molecule has 0 radical (unpaired) electrons. The van der Waals surface area contributed by atoms with Crippen LogP contribution < -0.4 is 4.74 Å². The molecule has 5 nitrogen and oxygen atoms in total. The highest BCUT2D eigenvalue weighted by atomic mass is 16.5. The highest BCUT2D eigenvalue weighted by Crippen LogP contribution is 2.08. The van der Waals surface area contributed by atoms with Gasteiger partial charge in [-0.25, -0.2) is 9.97 Å². The molecule has 0 spiro atoms. The summed E-state index contributed by atoms with van der Waals surface area (Å²) < 4.78 is 6.80. The van der Waals surface area contributed by atoms with Crippen LogP contribution in [0.25, 0.3) is 5.95 Å². The summed E-state index contributed by atoms with van der Waals surface area (Å²) in [4.78, 5) is 12.4. The predicted molar refractivity (Wildman–Crippen MR) is 50.4 cm³/mol. The largest absolute Gasteiger partial charge is 0.481 e. The number of imidazole rings is 1. The van der Waals surface area contributed by atoms with Gasteiger partial charge in [-0.05, 0) is 6.92 Å². The van der Waals surface area contributed by atoms with Gasteiger partial charge in [-0.1, -0.05) is 0 Å². The Balaban J connectivity index is 2.47. The number of methoxy groups -OCH3 is 1.